The van der Waals surface area contributed by atoms with E-state index in [4.69, 9.17) is 9.84 Å². The van der Waals surface area contributed by atoms with Crippen molar-refractivity contribution in [1.29, 1.82) is 0 Å². The van der Waals surface area contributed by atoms with Crippen LogP contribution in [0.1, 0.15) is 18.4 Å². The van der Waals surface area contributed by atoms with Gasteiger partial charge < -0.3 is 15.2 Å². The van der Waals surface area contributed by atoms with Crippen molar-refractivity contribution >= 4 is 12.1 Å². The number of benzene rings is 1. The van der Waals surface area contributed by atoms with Crippen LogP contribution in [0.15, 0.2) is 42.5 Å². The summed E-state index contributed by atoms with van der Waals surface area (Å²) in [6, 6.07) is 8.81. The largest absolute Gasteiger partial charge is 0.481 e. The number of hydrogen-bond acceptors (Lipinski definition) is 3. The quantitative estimate of drug-likeness (QED) is 0.827. The number of carbonyl (C=O) groups excluding carboxylic acids is 1. The van der Waals surface area contributed by atoms with Crippen LogP contribution in [-0.4, -0.2) is 23.2 Å². The van der Waals surface area contributed by atoms with Gasteiger partial charge in [-0.25, -0.2) is 4.79 Å². The fourth-order valence-electron chi connectivity index (χ4n) is 2.16. The van der Waals surface area contributed by atoms with Gasteiger partial charge in [-0.15, -0.1) is 0 Å². The van der Waals surface area contributed by atoms with E-state index in [9.17, 15) is 9.59 Å². The first-order valence-corrected chi connectivity index (χ1v) is 6.53. The fourth-order valence-corrected chi connectivity index (χ4v) is 2.16. The average Bonchev–Trinajstić information content (AvgIpc) is 2.46. The first-order valence-electron chi connectivity index (χ1n) is 6.53. The van der Waals surface area contributed by atoms with Crippen LogP contribution in [0.2, 0.25) is 0 Å². The highest BCUT2D eigenvalue weighted by Gasteiger charge is 2.29. The zero-order chi connectivity index (χ0) is 14.4. The van der Waals surface area contributed by atoms with E-state index in [0.717, 1.165) is 5.56 Å². The molecule has 0 fully saturated rings. The minimum Gasteiger partial charge on any atom is -0.481 e. The summed E-state index contributed by atoms with van der Waals surface area (Å²) in [6.07, 6.45) is 4.23. The van der Waals surface area contributed by atoms with E-state index in [1.807, 2.05) is 36.4 Å². The molecular weight excluding hydrogens is 258 g/mol. The number of carbonyl (C=O) groups is 2. The van der Waals surface area contributed by atoms with E-state index >= 15 is 0 Å². The predicted molar refractivity (Wildman–Crippen MR) is 73.1 cm³/mol. The van der Waals surface area contributed by atoms with Gasteiger partial charge in [0.1, 0.15) is 6.61 Å². The zero-order valence-corrected chi connectivity index (χ0v) is 11.0. The summed E-state index contributed by atoms with van der Waals surface area (Å²) in [7, 11) is 0. The summed E-state index contributed by atoms with van der Waals surface area (Å²) in [5.41, 5.74) is 0.886. The molecule has 0 aromatic heterocycles. The lowest BCUT2D eigenvalue weighted by Crippen LogP contribution is -2.43. The second-order valence-corrected chi connectivity index (χ2v) is 4.68. The highest BCUT2D eigenvalue weighted by Crippen LogP contribution is 2.19. The Morgan fingerprint density at radius 3 is 2.75 bits per heavy atom. The molecule has 0 radical (unpaired) electrons. The lowest BCUT2D eigenvalue weighted by molar-refractivity contribution is -0.142. The van der Waals surface area contributed by atoms with Gasteiger partial charge >= 0.3 is 12.1 Å². The minimum atomic E-state index is -0.900. The summed E-state index contributed by atoms with van der Waals surface area (Å²) in [6.45, 7) is 0.168. The van der Waals surface area contributed by atoms with Crippen LogP contribution in [0.4, 0.5) is 4.79 Å². The molecule has 2 rings (SSSR count). The van der Waals surface area contributed by atoms with Crippen molar-refractivity contribution in [1.82, 2.24) is 5.32 Å². The summed E-state index contributed by atoms with van der Waals surface area (Å²) in [5.74, 6) is -1.49. The molecule has 5 heteroatoms. The number of hydrogen-bond donors (Lipinski definition) is 2. The molecule has 0 bridgehead atoms. The maximum atomic E-state index is 11.7. The number of alkyl carbamates (subject to hydrolysis) is 1. The van der Waals surface area contributed by atoms with E-state index in [-0.39, 0.29) is 6.61 Å². The smallest absolute Gasteiger partial charge is 0.407 e. The Morgan fingerprint density at radius 1 is 1.30 bits per heavy atom. The van der Waals surface area contributed by atoms with Crippen LogP contribution in [-0.2, 0) is 16.1 Å². The molecule has 1 aliphatic carbocycles. The highest BCUT2D eigenvalue weighted by molar-refractivity contribution is 5.74. The van der Waals surface area contributed by atoms with Gasteiger partial charge in [0.2, 0.25) is 0 Å². The van der Waals surface area contributed by atoms with Crippen LogP contribution in [0.3, 0.4) is 0 Å². The van der Waals surface area contributed by atoms with Gasteiger partial charge in [0.15, 0.2) is 0 Å². The Bertz CT molecular complexity index is 498. The van der Waals surface area contributed by atoms with Crippen LogP contribution in [0, 0.1) is 5.92 Å². The van der Waals surface area contributed by atoms with Crippen molar-refractivity contribution in [3.05, 3.63) is 48.0 Å². The topological polar surface area (TPSA) is 75.6 Å². The third-order valence-electron chi connectivity index (χ3n) is 3.24. The number of rotatable bonds is 4. The number of allylic oxidation sites excluding steroid dienone is 1. The van der Waals surface area contributed by atoms with E-state index in [1.165, 1.54) is 0 Å². The normalized spacial score (nSPS) is 21.2. The fraction of sp³-hybridized carbons (Fsp3) is 0.333. The number of carboxylic acid groups (broad SMARTS) is 1. The van der Waals surface area contributed by atoms with Crippen molar-refractivity contribution in [3.63, 3.8) is 0 Å². The van der Waals surface area contributed by atoms with Gasteiger partial charge in [-0.3, -0.25) is 4.79 Å². The van der Waals surface area contributed by atoms with Crippen LogP contribution in [0.25, 0.3) is 0 Å². The van der Waals surface area contributed by atoms with E-state index < -0.39 is 24.0 Å². The van der Waals surface area contributed by atoms with Crippen molar-refractivity contribution in [2.45, 2.75) is 25.5 Å². The number of nitrogens with one attached hydrogen (secondary N) is 1. The van der Waals surface area contributed by atoms with Crippen molar-refractivity contribution in [3.8, 4) is 0 Å². The third kappa shape index (κ3) is 3.85. The zero-order valence-electron chi connectivity index (χ0n) is 11.0. The maximum absolute atomic E-state index is 11.7. The number of amides is 1. The van der Waals surface area contributed by atoms with Crippen molar-refractivity contribution in [2.75, 3.05) is 0 Å². The maximum Gasteiger partial charge on any atom is 0.407 e. The number of carboxylic acids is 1. The van der Waals surface area contributed by atoms with Crippen LogP contribution in [0.5, 0.6) is 0 Å². The van der Waals surface area contributed by atoms with E-state index in [2.05, 4.69) is 5.32 Å². The molecule has 106 valence electrons. The predicted octanol–water partition coefficient (Wildman–Crippen LogP) is 2.33. The molecule has 2 N–H and O–H groups in total. The van der Waals surface area contributed by atoms with Gasteiger partial charge in [-0.1, -0.05) is 42.5 Å². The monoisotopic (exact) mass is 275 g/mol. The summed E-state index contributed by atoms with van der Waals surface area (Å²) < 4.78 is 5.08. The molecule has 1 aromatic rings. The standard InChI is InChI=1S/C15H17NO4/c17-14(18)12-8-4-5-9-13(12)16-15(19)20-10-11-6-2-1-3-7-11/h1-3,5-7,9,12-13H,4,8,10H2,(H,16,19)(H,17,18)/t12-,13+/m1/s1. The Labute approximate surface area is 117 Å². The van der Waals surface area contributed by atoms with E-state index in [1.54, 1.807) is 6.08 Å². The van der Waals surface area contributed by atoms with Gasteiger partial charge in [0.25, 0.3) is 0 Å². The number of ether oxygens (including phenoxy) is 1. The molecule has 0 unspecified atom stereocenters. The second kappa shape index (κ2) is 6.75. The molecule has 2 atom stereocenters. The number of aliphatic carboxylic acids is 1. The van der Waals surface area contributed by atoms with Gasteiger partial charge in [-0.2, -0.15) is 0 Å². The molecule has 0 aliphatic heterocycles. The second-order valence-electron chi connectivity index (χ2n) is 4.68. The first kappa shape index (κ1) is 14.1. The lowest BCUT2D eigenvalue weighted by atomic mass is 9.90. The van der Waals surface area contributed by atoms with Crippen molar-refractivity contribution in [2.24, 2.45) is 5.92 Å². The van der Waals surface area contributed by atoms with E-state index in [0.29, 0.717) is 12.8 Å². The van der Waals surface area contributed by atoms with Gasteiger partial charge in [0, 0.05) is 0 Å². The first-order chi connectivity index (χ1) is 9.66. The van der Waals surface area contributed by atoms with Crippen LogP contribution >= 0.6 is 0 Å². The Hall–Kier alpha value is -2.30. The molecule has 0 spiro atoms. The minimum absolute atomic E-state index is 0.168. The Morgan fingerprint density at radius 2 is 2.05 bits per heavy atom. The summed E-state index contributed by atoms with van der Waals surface area (Å²) >= 11 is 0. The Balaban J connectivity index is 1.85. The molecular formula is C15H17NO4. The van der Waals surface area contributed by atoms with Gasteiger partial charge in [-0.05, 0) is 18.4 Å². The molecule has 0 saturated heterocycles. The molecule has 5 nitrogen and oxygen atoms in total. The molecule has 0 saturated carbocycles. The van der Waals surface area contributed by atoms with Crippen LogP contribution < -0.4 is 5.32 Å². The summed E-state index contributed by atoms with van der Waals surface area (Å²) in [5, 5.41) is 11.7. The molecule has 20 heavy (non-hydrogen) atoms. The molecule has 1 aliphatic rings. The Kier molecular flexibility index (Phi) is 4.76. The average molecular weight is 275 g/mol. The molecule has 1 amide bonds. The SMILES string of the molecule is O=C(N[C@H]1C=CCC[C@H]1C(=O)O)OCc1ccccc1. The molecule has 0 heterocycles. The molecule has 1 aromatic carbocycles. The lowest BCUT2D eigenvalue weighted by Gasteiger charge is -2.24. The van der Waals surface area contributed by atoms with Gasteiger partial charge in [0.05, 0.1) is 12.0 Å². The highest BCUT2D eigenvalue weighted by atomic mass is 16.5. The summed E-state index contributed by atoms with van der Waals surface area (Å²) in [4.78, 5) is 22.8. The van der Waals surface area contributed by atoms with Crippen molar-refractivity contribution < 1.29 is 19.4 Å². The third-order valence-corrected chi connectivity index (χ3v) is 3.24.